The number of aromatic nitrogens is 2. The first kappa shape index (κ1) is 44.8. The van der Waals surface area contributed by atoms with E-state index in [1.54, 1.807) is 0 Å². The molecule has 1 heterocycles. The minimum atomic E-state index is -7.22. The van der Waals surface area contributed by atoms with E-state index in [1.165, 1.54) is 17.0 Å². The fraction of sp³-hybridized carbons (Fsp3) is 0.0286. The lowest BCUT2D eigenvalue weighted by atomic mass is 9.12. The number of hydrogen-bond acceptors (Lipinski definition) is 1. The maximum Gasteiger partial charge on any atom is 0.416 e. The minimum absolute atomic E-state index is 0.298. The molecule has 0 unspecified atom stereocenters. The molecule has 0 aliphatic heterocycles. The Morgan fingerprint density at radius 3 is 0.867 bits per heavy atom. The summed E-state index contributed by atoms with van der Waals surface area (Å²) in [6.07, 6.45) is -4.57. The van der Waals surface area contributed by atoms with E-state index >= 15 is 35.1 Å². The molecule has 316 valence electrons. The Kier molecular flexibility index (Phi) is 12.2. The van der Waals surface area contributed by atoms with Crippen LogP contribution in [0.1, 0.15) is 5.56 Å². The molecule has 0 amide bonds. The van der Waals surface area contributed by atoms with E-state index in [2.05, 4.69) is 4.98 Å². The first-order chi connectivity index (χ1) is 28.0. The van der Waals surface area contributed by atoms with Crippen LogP contribution in [-0.2, 0) is 6.54 Å². The predicted octanol–water partition coefficient (Wildman–Crippen LogP) is 7.54. The summed E-state index contributed by atoms with van der Waals surface area (Å²) in [5.41, 5.74) is -13.4. The van der Waals surface area contributed by atoms with E-state index in [0.717, 1.165) is 5.56 Å². The molecular formula is C35H9BF22N2. The zero-order chi connectivity index (χ0) is 45.0. The van der Waals surface area contributed by atoms with E-state index in [1.807, 2.05) is 30.3 Å². The van der Waals surface area contributed by atoms with E-state index in [0.29, 0.717) is 6.54 Å². The molecule has 25 heteroatoms. The smallest absolute Gasteiger partial charge is 0.214 e. The summed E-state index contributed by atoms with van der Waals surface area (Å²) in [5.74, 6) is -73.4. The van der Waals surface area contributed by atoms with Crippen molar-refractivity contribution in [3.63, 3.8) is 0 Å². The van der Waals surface area contributed by atoms with Crippen LogP contribution in [0.15, 0.2) is 42.7 Å². The van der Waals surface area contributed by atoms with Crippen LogP contribution in [0.25, 0.3) is 0 Å². The van der Waals surface area contributed by atoms with Crippen molar-refractivity contribution in [2.24, 2.45) is 0 Å². The number of benzene rings is 5. The summed E-state index contributed by atoms with van der Waals surface area (Å²) in [5, 5.41) is 0. The fourth-order valence-corrected chi connectivity index (χ4v) is 6.19. The number of rotatable bonds is 6. The van der Waals surface area contributed by atoms with Crippen LogP contribution < -0.4 is 26.4 Å². The largest absolute Gasteiger partial charge is 0.416 e. The van der Waals surface area contributed by atoms with Gasteiger partial charge in [-0.1, -0.05) is 30.3 Å². The maximum absolute atomic E-state index is 15.4. The molecule has 0 fully saturated rings. The number of halogens is 22. The van der Waals surface area contributed by atoms with Crippen LogP contribution in [0.5, 0.6) is 0 Å². The predicted molar refractivity (Wildman–Crippen MR) is 159 cm³/mol. The van der Waals surface area contributed by atoms with Gasteiger partial charge in [-0.3, -0.25) is 0 Å². The Morgan fingerprint density at radius 2 is 0.600 bits per heavy atom. The van der Waals surface area contributed by atoms with Gasteiger partial charge in [0.15, 0.2) is 82.5 Å². The van der Waals surface area contributed by atoms with Crippen molar-refractivity contribution in [3.05, 3.63) is 177 Å². The summed E-state index contributed by atoms with van der Waals surface area (Å²) in [6.45, 7) is 0.298. The second kappa shape index (κ2) is 16.4. The summed E-state index contributed by atoms with van der Waals surface area (Å²) in [4.78, 5) is 3.22. The lowest BCUT2D eigenvalue weighted by Gasteiger charge is -2.44. The Hall–Kier alpha value is -6.30. The van der Waals surface area contributed by atoms with Crippen LogP contribution in [0.4, 0.5) is 96.6 Å². The Balaban J connectivity index is 0.000000379. The van der Waals surface area contributed by atoms with Gasteiger partial charge >= 0.3 is 11.9 Å². The van der Waals surface area contributed by atoms with E-state index in [9.17, 15) is 61.5 Å². The quantitative estimate of drug-likeness (QED) is 0.0556. The Morgan fingerprint density at radius 1 is 0.350 bits per heavy atom. The van der Waals surface area contributed by atoms with Crippen LogP contribution in [0, 0.1) is 128 Å². The van der Waals surface area contributed by atoms with Gasteiger partial charge in [-0.2, -0.15) is 8.96 Å². The molecule has 5 aromatic carbocycles. The lowest BCUT2D eigenvalue weighted by Crippen LogP contribution is -2.81. The highest BCUT2D eigenvalue weighted by Crippen LogP contribution is 2.30. The SMILES string of the molecule is Fc1c(F)c(F)c([B-](c2c(F)c(F)c(F)c(F)c2F)(c2c(F)c(F)c(F)c(F)c2F)c2c(F)c(F)c(F)c(F)c2F)c(F)c1F.Fc1ncc[n+](Cc2ccccc2)c1F. The standard InChI is InChI=1S/C24BF20.C11H9F2N2/c26-5-1(6(27)14(35)21(42)13(5)34)25(2-7(28)15(36)22(43)16(37)8(2)29,3-9(30)17(38)23(44)18(39)10(3)31)4-11(32)19(40)24(45)20(41)12(4)33;12-10-11(13)15(7-6-14-10)8-9-4-2-1-3-5-9/h;1-7H,8H2/q-1;+1. The number of hydrogen-bond donors (Lipinski definition) is 0. The van der Waals surface area contributed by atoms with Crippen molar-refractivity contribution in [2.75, 3.05) is 0 Å². The fourth-order valence-electron chi connectivity index (χ4n) is 6.19. The maximum atomic E-state index is 15.4. The first-order valence-corrected chi connectivity index (χ1v) is 15.4. The van der Waals surface area contributed by atoms with Gasteiger partial charge < -0.3 is 0 Å². The highest BCUT2D eigenvalue weighted by molar-refractivity contribution is 7.20. The van der Waals surface area contributed by atoms with Crippen LogP contribution >= 0.6 is 0 Å². The molecule has 6 rings (SSSR count). The zero-order valence-electron chi connectivity index (χ0n) is 28.0. The molecule has 1 aromatic heterocycles. The van der Waals surface area contributed by atoms with Gasteiger partial charge in [0.25, 0.3) is 0 Å². The van der Waals surface area contributed by atoms with Gasteiger partial charge in [0.05, 0.1) is 6.20 Å². The Bertz CT molecular complexity index is 2330. The van der Waals surface area contributed by atoms with Gasteiger partial charge in [0.2, 0.25) is 0 Å². The monoisotopic (exact) mass is 886 g/mol. The van der Waals surface area contributed by atoms with Gasteiger partial charge in [-0.05, 0) is 0 Å². The van der Waals surface area contributed by atoms with Crippen LogP contribution in [-0.4, -0.2) is 11.1 Å². The molecule has 6 aromatic rings. The van der Waals surface area contributed by atoms with Crippen LogP contribution in [0.2, 0.25) is 0 Å². The molecule has 2 nitrogen and oxygen atoms in total. The van der Waals surface area contributed by atoms with Gasteiger partial charge in [-0.15, -0.1) is 26.2 Å². The molecule has 0 bridgehead atoms. The highest BCUT2D eigenvalue weighted by Gasteiger charge is 2.52. The van der Waals surface area contributed by atoms with Crippen molar-refractivity contribution in [3.8, 4) is 0 Å². The third kappa shape index (κ3) is 6.81. The average Bonchev–Trinajstić information content (AvgIpc) is 3.23. The lowest BCUT2D eigenvalue weighted by molar-refractivity contribution is -0.718. The molecular weight excluding hydrogens is 877 g/mol. The molecule has 0 atom stereocenters. The van der Waals surface area contributed by atoms with Crippen molar-refractivity contribution < 1.29 is 101 Å². The summed E-state index contributed by atoms with van der Waals surface area (Å²) < 4.78 is 321. The molecule has 0 N–H and O–H groups in total. The van der Waals surface area contributed by atoms with Gasteiger partial charge in [0, 0.05) is 5.56 Å². The molecule has 0 radical (unpaired) electrons. The van der Waals surface area contributed by atoms with Crippen LogP contribution in [0.3, 0.4) is 0 Å². The first-order valence-electron chi connectivity index (χ1n) is 15.4. The third-order valence-electron chi connectivity index (χ3n) is 8.76. The molecule has 0 spiro atoms. The molecule has 0 saturated carbocycles. The molecule has 60 heavy (non-hydrogen) atoms. The zero-order valence-corrected chi connectivity index (χ0v) is 28.0. The highest BCUT2D eigenvalue weighted by atomic mass is 19.2. The second-order valence-corrected chi connectivity index (χ2v) is 11.9. The Labute approximate surface area is 317 Å². The molecule has 0 aliphatic rings. The van der Waals surface area contributed by atoms with Crippen molar-refractivity contribution in [1.29, 1.82) is 0 Å². The second-order valence-electron chi connectivity index (χ2n) is 11.9. The van der Waals surface area contributed by atoms with Crippen molar-refractivity contribution in [2.45, 2.75) is 6.54 Å². The van der Waals surface area contributed by atoms with Gasteiger partial charge in [0.1, 0.15) is 52.7 Å². The average molecular weight is 886 g/mol. The minimum Gasteiger partial charge on any atom is -0.214 e. The van der Waals surface area contributed by atoms with Crippen molar-refractivity contribution in [1.82, 2.24) is 4.98 Å². The van der Waals surface area contributed by atoms with E-state index < -0.39 is 156 Å². The van der Waals surface area contributed by atoms with E-state index in [4.69, 9.17) is 0 Å². The van der Waals surface area contributed by atoms with Crippen molar-refractivity contribution >= 4 is 28.0 Å². The van der Waals surface area contributed by atoms with E-state index in [-0.39, 0.29) is 0 Å². The molecule has 0 aliphatic carbocycles. The summed E-state index contributed by atoms with van der Waals surface area (Å²) in [6, 6.07) is 9.28. The number of nitrogens with zero attached hydrogens (tertiary/aromatic N) is 2. The van der Waals surface area contributed by atoms with Gasteiger partial charge in [-0.25, -0.2) is 92.8 Å². The summed E-state index contributed by atoms with van der Waals surface area (Å²) in [7, 11) is 0. The third-order valence-corrected chi connectivity index (χ3v) is 8.76. The normalized spacial score (nSPS) is 11.6. The topological polar surface area (TPSA) is 16.8 Å². The summed E-state index contributed by atoms with van der Waals surface area (Å²) >= 11 is 0. The molecule has 0 saturated heterocycles.